The van der Waals surface area contributed by atoms with E-state index < -0.39 is 0 Å². The summed E-state index contributed by atoms with van der Waals surface area (Å²) in [5.41, 5.74) is 2.87. The van der Waals surface area contributed by atoms with Gasteiger partial charge in [-0.1, -0.05) is 24.3 Å². The molecular formula is C20H27N5O. The van der Waals surface area contributed by atoms with E-state index in [1.165, 1.54) is 0 Å². The predicted octanol–water partition coefficient (Wildman–Crippen LogP) is 2.33. The first kappa shape index (κ1) is 19.4. The van der Waals surface area contributed by atoms with E-state index in [4.69, 9.17) is 0 Å². The molecule has 0 radical (unpaired) electrons. The van der Waals surface area contributed by atoms with Crippen LogP contribution in [0.25, 0.3) is 11.3 Å². The third kappa shape index (κ3) is 6.55. The van der Waals surface area contributed by atoms with Gasteiger partial charge in [0.25, 0.3) is 0 Å². The van der Waals surface area contributed by atoms with E-state index in [1.54, 1.807) is 13.2 Å². The summed E-state index contributed by atoms with van der Waals surface area (Å²) < 4.78 is 0. The number of hydrogen-bond acceptors (Lipinski definition) is 3. The summed E-state index contributed by atoms with van der Waals surface area (Å²) in [6.07, 6.45) is 1.79. The monoisotopic (exact) mass is 353 g/mol. The fourth-order valence-corrected chi connectivity index (χ4v) is 2.41. The van der Waals surface area contributed by atoms with Gasteiger partial charge in [-0.3, -0.25) is 14.8 Å². The minimum Gasteiger partial charge on any atom is -0.352 e. The van der Waals surface area contributed by atoms with Crippen LogP contribution >= 0.6 is 0 Å². The van der Waals surface area contributed by atoms with Gasteiger partial charge in [-0.25, -0.2) is 0 Å². The molecule has 0 atom stereocenters. The van der Waals surface area contributed by atoms with Crippen LogP contribution in [0.3, 0.4) is 0 Å². The lowest BCUT2D eigenvalue weighted by Gasteiger charge is -2.21. The number of aromatic nitrogens is 1. The summed E-state index contributed by atoms with van der Waals surface area (Å²) in [6, 6.07) is 14.0. The zero-order chi connectivity index (χ0) is 19.0. The van der Waals surface area contributed by atoms with Gasteiger partial charge in [-0.15, -0.1) is 0 Å². The first-order valence-electron chi connectivity index (χ1n) is 8.63. The first-order valence-corrected chi connectivity index (χ1v) is 8.63. The number of guanidine groups is 1. The van der Waals surface area contributed by atoms with Crippen molar-refractivity contribution in [2.45, 2.75) is 32.9 Å². The second-order valence-electron chi connectivity index (χ2n) is 6.99. The Bertz CT molecular complexity index is 750. The van der Waals surface area contributed by atoms with Crippen molar-refractivity contribution in [1.82, 2.24) is 20.9 Å². The molecule has 6 nitrogen and oxygen atoms in total. The molecule has 0 bridgehead atoms. The molecule has 6 heteroatoms. The number of hydrogen-bond donors (Lipinski definition) is 3. The number of pyridine rings is 1. The van der Waals surface area contributed by atoms with E-state index in [-0.39, 0.29) is 18.0 Å². The van der Waals surface area contributed by atoms with Gasteiger partial charge in [0.2, 0.25) is 5.91 Å². The van der Waals surface area contributed by atoms with Crippen molar-refractivity contribution >= 4 is 11.9 Å². The highest BCUT2D eigenvalue weighted by Crippen LogP contribution is 2.17. The van der Waals surface area contributed by atoms with Crippen LogP contribution in [-0.4, -0.2) is 36.0 Å². The Morgan fingerprint density at radius 1 is 1.12 bits per heavy atom. The van der Waals surface area contributed by atoms with Gasteiger partial charge < -0.3 is 16.0 Å². The molecule has 3 N–H and O–H groups in total. The van der Waals surface area contributed by atoms with Crippen molar-refractivity contribution in [3.63, 3.8) is 0 Å². The van der Waals surface area contributed by atoms with Gasteiger partial charge in [0.15, 0.2) is 5.96 Å². The average molecular weight is 353 g/mol. The van der Waals surface area contributed by atoms with Crippen molar-refractivity contribution in [1.29, 1.82) is 0 Å². The Morgan fingerprint density at radius 2 is 1.92 bits per heavy atom. The van der Waals surface area contributed by atoms with E-state index in [1.807, 2.05) is 57.2 Å². The maximum absolute atomic E-state index is 11.9. The molecule has 138 valence electrons. The molecule has 0 unspecified atom stereocenters. The maximum atomic E-state index is 11.9. The second kappa shape index (κ2) is 8.99. The van der Waals surface area contributed by atoms with Crippen LogP contribution in [0.4, 0.5) is 0 Å². The fourth-order valence-electron chi connectivity index (χ4n) is 2.41. The van der Waals surface area contributed by atoms with Crippen molar-refractivity contribution in [2.24, 2.45) is 4.99 Å². The molecule has 0 aliphatic carbocycles. The normalized spacial score (nSPS) is 11.8. The Morgan fingerprint density at radius 3 is 2.58 bits per heavy atom. The van der Waals surface area contributed by atoms with Crippen LogP contribution in [0.5, 0.6) is 0 Å². The Hall–Kier alpha value is -2.89. The van der Waals surface area contributed by atoms with Crippen LogP contribution < -0.4 is 16.0 Å². The van der Waals surface area contributed by atoms with Gasteiger partial charge in [-0.05, 0) is 44.5 Å². The maximum Gasteiger partial charge on any atom is 0.239 e. The SMILES string of the molecule is CN=C(NCC(=O)NC(C)(C)C)NCc1cccc(-c2ccccn2)c1. The number of rotatable bonds is 5. The van der Waals surface area contributed by atoms with Crippen LogP contribution in [0.2, 0.25) is 0 Å². The van der Waals surface area contributed by atoms with Gasteiger partial charge >= 0.3 is 0 Å². The van der Waals surface area contributed by atoms with Crippen molar-refractivity contribution < 1.29 is 4.79 Å². The van der Waals surface area contributed by atoms with E-state index in [9.17, 15) is 4.79 Å². The number of nitrogens with zero attached hydrogens (tertiary/aromatic N) is 2. The number of nitrogens with one attached hydrogen (secondary N) is 3. The minimum absolute atomic E-state index is 0.0717. The number of aliphatic imine (C=N–C) groups is 1. The fraction of sp³-hybridized carbons (Fsp3) is 0.350. The van der Waals surface area contributed by atoms with Crippen molar-refractivity contribution in [3.8, 4) is 11.3 Å². The lowest BCUT2D eigenvalue weighted by Crippen LogP contribution is -2.48. The number of carbonyl (C=O) groups is 1. The Kier molecular flexibility index (Phi) is 6.72. The number of amides is 1. The zero-order valence-corrected chi connectivity index (χ0v) is 15.8. The van der Waals surface area contributed by atoms with Gasteiger partial charge in [0.1, 0.15) is 0 Å². The average Bonchev–Trinajstić information content (AvgIpc) is 2.61. The molecule has 1 aromatic heterocycles. The number of carbonyl (C=O) groups excluding carboxylic acids is 1. The van der Waals surface area contributed by atoms with Gasteiger partial charge in [-0.2, -0.15) is 0 Å². The molecule has 2 rings (SSSR count). The zero-order valence-electron chi connectivity index (χ0n) is 15.8. The number of benzene rings is 1. The van der Waals surface area contributed by atoms with Crippen LogP contribution in [0.1, 0.15) is 26.3 Å². The van der Waals surface area contributed by atoms with Crippen molar-refractivity contribution in [2.75, 3.05) is 13.6 Å². The minimum atomic E-state index is -0.248. The summed E-state index contributed by atoms with van der Waals surface area (Å²) in [7, 11) is 1.68. The molecule has 0 aliphatic heterocycles. The lowest BCUT2D eigenvalue weighted by molar-refractivity contribution is -0.121. The molecule has 1 heterocycles. The van der Waals surface area contributed by atoms with E-state index in [2.05, 4.69) is 32.0 Å². The van der Waals surface area contributed by atoms with Crippen LogP contribution in [-0.2, 0) is 11.3 Å². The highest BCUT2D eigenvalue weighted by Gasteiger charge is 2.13. The molecule has 0 aliphatic rings. The topological polar surface area (TPSA) is 78.4 Å². The van der Waals surface area contributed by atoms with Crippen LogP contribution in [0, 0.1) is 0 Å². The lowest BCUT2D eigenvalue weighted by atomic mass is 10.1. The molecular weight excluding hydrogens is 326 g/mol. The third-order valence-corrected chi connectivity index (χ3v) is 3.50. The molecule has 1 amide bonds. The summed E-state index contributed by atoms with van der Waals surface area (Å²) in [5, 5.41) is 9.15. The molecule has 0 saturated carbocycles. The standard InChI is InChI=1S/C20H27N5O/c1-20(2,3)25-18(26)14-24-19(21-4)23-13-15-8-7-9-16(12-15)17-10-5-6-11-22-17/h5-12H,13-14H2,1-4H3,(H,25,26)(H2,21,23,24). The predicted molar refractivity (Wildman–Crippen MR) is 106 cm³/mol. The smallest absolute Gasteiger partial charge is 0.239 e. The Labute approximate surface area is 155 Å². The van der Waals surface area contributed by atoms with E-state index in [0.717, 1.165) is 16.8 Å². The van der Waals surface area contributed by atoms with E-state index >= 15 is 0 Å². The molecule has 26 heavy (non-hydrogen) atoms. The molecule has 0 spiro atoms. The third-order valence-electron chi connectivity index (χ3n) is 3.50. The van der Waals surface area contributed by atoms with Crippen molar-refractivity contribution in [3.05, 3.63) is 54.2 Å². The van der Waals surface area contributed by atoms with Crippen LogP contribution in [0.15, 0.2) is 53.7 Å². The summed E-state index contributed by atoms with van der Waals surface area (Å²) in [4.78, 5) is 20.4. The summed E-state index contributed by atoms with van der Waals surface area (Å²) in [5.74, 6) is 0.509. The second-order valence-corrected chi connectivity index (χ2v) is 6.99. The molecule has 0 saturated heterocycles. The highest BCUT2D eigenvalue weighted by atomic mass is 16.2. The largest absolute Gasteiger partial charge is 0.352 e. The quantitative estimate of drug-likeness (QED) is 0.569. The van der Waals surface area contributed by atoms with Gasteiger partial charge in [0.05, 0.1) is 12.2 Å². The summed E-state index contributed by atoms with van der Waals surface area (Å²) in [6.45, 7) is 6.62. The first-order chi connectivity index (χ1) is 12.4. The molecule has 0 fully saturated rings. The molecule has 1 aromatic carbocycles. The Balaban J connectivity index is 1.90. The van der Waals surface area contributed by atoms with Gasteiger partial charge in [0, 0.05) is 30.9 Å². The molecule has 2 aromatic rings. The highest BCUT2D eigenvalue weighted by molar-refractivity contribution is 5.86. The summed E-state index contributed by atoms with van der Waals surface area (Å²) >= 11 is 0. The van der Waals surface area contributed by atoms with E-state index in [0.29, 0.717) is 12.5 Å².